The SMILES string of the molecule is Nc1cccc(Nc2cc(-c3ccc4cn[nH]c4c3)cn3ccnc23)n1. The molecule has 0 fully saturated rings. The van der Waals surface area contributed by atoms with Crippen molar-refractivity contribution in [3.63, 3.8) is 0 Å². The number of imidazole rings is 1. The zero-order valence-corrected chi connectivity index (χ0v) is 13.7. The molecule has 0 amide bonds. The lowest BCUT2D eigenvalue weighted by molar-refractivity contribution is 1.12. The molecule has 126 valence electrons. The van der Waals surface area contributed by atoms with Gasteiger partial charge in [0.25, 0.3) is 0 Å². The third-order valence-corrected chi connectivity index (χ3v) is 4.30. The normalized spacial score (nSPS) is 11.2. The van der Waals surface area contributed by atoms with Crippen molar-refractivity contribution in [3.8, 4) is 11.1 Å². The van der Waals surface area contributed by atoms with E-state index in [9.17, 15) is 0 Å². The van der Waals surface area contributed by atoms with E-state index in [0.717, 1.165) is 33.4 Å². The Balaban J connectivity index is 1.64. The number of benzene rings is 1. The molecular weight excluding hydrogens is 326 g/mol. The van der Waals surface area contributed by atoms with E-state index < -0.39 is 0 Å². The second-order valence-electron chi connectivity index (χ2n) is 6.05. The molecule has 5 aromatic rings. The van der Waals surface area contributed by atoms with Gasteiger partial charge in [-0.1, -0.05) is 18.2 Å². The molecule has 0 aliphatic carbocycles. The summed E-state index contributed by atoms with van der Waals surface area (Å²) in [5.74, 6) is 1.14. The molecule has 0 unspecified atom stereocenters. The Morgan fingerprint density at radius 1 is 1.08 bits per heavy atom. The van der Waals surface area contributed by atoms with Crippen molar-refractivity contribution in [2.75, 3.05) is 11.1 Å². The molecule has 1 aromatic carbocycles. The quantitative estimate of drug-likeness (QED) is 0.466. The number of pyridine rings is 2. The minimum Gasteiger partial charge on any atom is -0.384 e. The van der Waals surface area contributed by atoms with Crippen LogP contribution in [0.5, 0.6) is 0 Å². The first-order chi connectivity index (χ1) is 12.8. The first-order valence-electron chi connectivity index (χ1n) is 8.16. The Labute approximate surface area is 148 Å². The van der Waals surface area contributed by atoms with E-state index in [0.29, 0.717) is 11.6 Å². The van der Waals surface area contributed by atoms with E-state index >= 15 is 0 Å². The summed E-state index contributed by atoms with van der Waals surface area (Å²) in [4.78, 5) is 8.75. The van der Waals surface area contributed by atoms with Crippen molar-refractivity contribution in [1.82, 2.24) is 24.6 Å². The Kier molecular flexibility index (Phi) is 3.11. The zero-order valence-electron chi connectivity index (χ0n) is 13.7. The maximum atomic E-state index is 5.79. The van der Waals surface area contributed by atoms with Gasteiger partial charge in [-0.25, -0.2) is 9.97 Å². The summed E-state index contributed by atoms with van der Waals surface area (Å²) in [5.41, 5.74) is 10.6. The number of fused-ring (bicyclic) bond motifs is 2. The molecule has 4 N–H and O–H groups in total. The van der Waals surface area contributed by atoms with Crippen LogP contribution >= 0.6 is 0 Å². The van der Waals surface area contributed by atoms with Crippen LogP contribution in [0.4, 0.5) is 17.3 Å². The molecule has 7 heteroatoms. The average Bonchev–Trinajstić information content (AvgIpc) is 3.30. The van der Waals surface area contributed by atoms with Gasteiger partial charge in [0, 0.05) is 29.5 Å². The molecular formula is C19H15N7. The molecule has 0 aliphatic rings. The Bertz CT molecular complexity index is 1240. The van der Waals surface area contributed by atoms with Gasteiger partial charge in [-0.2, -0.15) is 5.10 Å². The van der Waals surface area contributed by atoms with Gasteiger partial charge in [0.1, 0.15) is 11.6 Å². The van der Waals surface area contributed by atoms with E-state index in [4.69, 9.17) is 5.73 Å². The largest absolute Gasteiger partial charge is 0.384 e. The van der Waals surface area contributed by atoms with Crippen LogP contribution in [0.3, 0.4) is 0 Å². The van der Waals surface area contributed by atoms with Crippen LogP contribution in [0, 0.1) is 0 Å². The third kappa shape index (κ3) is 2.42. The van der Waals surface area contributed by atoms with E-state index in [2.05, 4.69) is 55.9 Å². The second kappa shape index (κ2) is 5.59. The molecule has 26 heavy (non-hydrogen) atoms. The fourth-order valence-electron chi connectivity index (χ4n) is 3.06. The number of rotatable bonds is 3. The lowest BCUT2D eigenvalue weighted by atomic mass is 10.1. The molecule has 5 rings (SSSR count). The van der Waals surface area contributed by atoms with Crippen LogP contribution < -0.4 is 11.1 Å². The molecule has 0 spiro atoms. The molecule has 0 saturated carbocycles. The fourth-order valence-corrected chi connectivity index (χ4v) is 3.06. The van der Waals surface area contributed by atoms with Gasteiger partial charge in [-0.3, -0.25) is 5.10 Å². The van der Waals surface area contributed by atoms with Crippen LogP contribution in [-0.4, -0.2) is 24.6 Å². The summed E-state index contributed by atoms with van der Waals surface area (Å²) < 4.78 is 1.99. The molecule has 0 saturated heterocycles. The number of anilines is 3. The van der Waals surface area contributed by atoms with Gasteiger partial charge in [-0.05, 0) is 29.8 Å². The maximum absolute atomic E-state index is 5.79. The second-order valence-corrected chi connectivity index (χ2v) is 6.05. The van der Waals surface area contributed by atoms with Crippen molar-refractivity contribution in [2.45, 2.75) is 0 Å². The van der Waals surface area contributed by atoms with E-state index in [1.165, 1.54) is 0 Å². The summed E-state index contributed by atoms with van der Waals surface area (Å²) in [6.07, 6.45) is 7.56. The van der Waals surface area contributed by atoms with Crippen LogP contribution in [0.25, 0.3) is 27.7 Å². The molecule has 7 nitrogen and oxygen atoms in total. The smallest absolute Gasteiger partial charge is 0.160 e. The van der Waals surface area contributed by atoms with E-state index in [-0.39, 0.29) is 0 Å². The third-order valence-electron chi connectivity index (χ3n) is 4.30. The predicted molar refractivity (Wildman–Crippen MR) is 102 cm³/mol. The maximum Gasteiger partial charge on any atom is 0.160 e. The highest BCUT2D eigenvalue weighted by atomic mass is 15.1. The van der Waals surface area contributed by atoms with Crippen LogP contribution in [0.1, 0.15) is 0 Å². The fraction of sp³-hybridized carbons (Fsp3) is 0. The van der Waals surface area contributed by atoms with Gasteiger partial charge >= 0.3 is 0 Å². The number of nitrogens with two attached hydrogens (primary N) is 1. The topological polar surface area (TPSA) is 96.9 Å². The Morgan fingerprint density at radius 3 is 2.96 bits per heavy atom. The number of H-pyrrole nitrogens is 1. The summed E-state index contributed by atoms with van der Waals surface area (Å²) in [6, 6.07) is 13.8. The lowest BCUT2D eigenvalue weighted by Gasteiger charge is -2.11. The number of aromatic nitrogens is 5. The Morgan fingerprint density at radius 2 is 2.04 bits per heavy atom. The highest BCUT2D eigenvalue weighted by Gasteiger charge is 2.09. The van der Waals surface area contributed by atoms with Crippen LogP contribution in [0.2, 0.25) is 0 Å². The van der Waals surface area contributed by atoms with Crippen molar-refractivity contribution < 1.29 is 0 Å². The summed E-state index contributed by atoms with van der Waals surface area (Å²) in [6.45, 7) is 0. The highest BCUT2D eigenvalue weighted by Crippen LogP contribution is 2.29. The van der Waals surface area contributed by atoms with Gasteiger partial charge in [0.15, 0.2) is 5.65 Å². The molecule has 0 atom stereocenters. The average molecular weight is 341 g/mol. The number of aromatic amines is 1. The first kappa shape index (κ1) is 14.5. The van der Waals surface area contributed by atoms with E-state index in [1.807, 2.05) is 28.9 Å². The Hall–Kier alpha value is -3.87. The van der Waals surface area contributed by atoms with E-state index in [1.54, 1.807) is 12.3 Å². The molecule has 0 radical (unpaired) electrons. The van der Waals surface area contributed by atoms with Gasteiger partial charge in [0.05, 0.1) is 17.4 Å². The first-order valence-corrected chi connectivity index (χ1v) is 8.16. The van der Waals surface area contributed by atoms with Gasteiger partial charge < -0.3 is 15.5 Å². The minimum absolute atomic E-state index is 0.468. The van der Waals surface area contributed by atoms with Crippen LogP contribution in [-0.2, 0) is 0 Å². The summed E-state index contributed by atoms with van der Waals surface area (Å²) in [5, 5.41) is 11.5. The minimum atomic E-state index is 0.468. The molecule has 4 aromatic heterocycles. The number of nitrogen functional groups attached to an aromatic ring is 1. The summed E-state index contributed by atoms with van der Waals surface area (Å²) >= 11 is 0. The molecule has 0 aliphatic heterocycles. The number of nitrogens with one attached hydrogen (secondary N) is 2. The number of nitrogens with zero attached hydrogens (tertiary/aromatic N) is 4. The van der Waals surface area contributed by atoms with Crippen molar-refractivity contribution in [3.05, 3.63) is 67.3 Å². The number of hydrogen-bond acceptors (Lipinski definition) is 5. The van der Waals surface area contributed by atoms with Crippen molar-refractivity contribution >= 4 is 33.9 Å². The zero-order chi connectivity index (χ0) is 17.5. The monoisotopic (exact) mass is 341 g/mol. The standard InChI is InChI=1S/C19H15N7/c20-17-2-1-3-18(24-17)23-16-9-14(11-26-7-6-21-19(16)26)12-4-5-13-10-22-25-15(13)8-12/h1-11H,(H,22,25)(H3,20,23,24). The lowest BCUT2D eigenvalue weighted by Crippen LogP contribution is -1.99. The predicted octanol–water partition coefficient (Wildman–Crippen LogP) is 3.60. The van der Waals surface area contributed by atoms with Gasteiger partial charge in [0.2, 0.25) is 0 Å². The molecule has 0 bridgehead atoms. The number of hydrogen-bond donors (Lipinski definition) is 3. The highest BCUT2D eigenvalue weighted by molar-refractivity contribution is 5.86. The van der Waals surface area contributed by atoms with Crippen molar-refractivity contribution in [1.29, 1.82) is 0 Å². The van der Waals surface area contributed by atoms with Crippen molar-refractivity contribution in [2.24, 2.45) is 0 Å². The van der Waals surface area contributed by atoms with Crippen LogP contribution in [0.15, 0.2) is 67.3 Å². The summed E-state index contributed by atoms with van der Waals surface area (Å²) in [7, 11) is 0. The van der Waals surface area contributed by atoms with Gasteiger partial charge in [-0.15, -0.1) is 0 Å². The molecule has 4 heterocycles.